The van der Waals surface area contributed by atoms with Crippen LogP contribution < -0.4 is 10.1 Å². The molecule has 1 aliphatic rings. The molecule has 45 heavy (non-hydrogen) atoms. The topological polar surface area (TPSA) is 129 Å². The van der Waals surface area contributed by atoms with Crippen LogP contribution in [0.5, 0.6) is 5.75 Å². The fourth-order valence-corrected chi connectivity index (χ4v) is 5.36. The number of amides is 1. The second-order valence-corrected chi connectivity index (χ2v) is 10.6. The summed E-state index contributed by atoms with van der Waals surface area (Å²) in [7, 11) is 0. The number of benzene rings is 4. The average molecular weight is 602 g/mol. The van der Waals surface area contributed by atoms with Gasteiger partial charge in [-0.15, -0.1) is 6.58 Å². The summed E-state index contributed by atoms with van der Waals surface area (Å²) in [6.45, 7) is 4.62. The number of carbonyl (C=O) groups is 1. The maximum atomic E-state index is 14.2. The zero-order chi connectivity index (χ0) is 31.5. The van der Waals surface area contributed by atoms with Crippen molar-refractivity contribution >= 4 is 11.8 Å². The van der Waals surface area contributed by atoms with Crippen LogP contribution in [-0.4, -0.2) is 42.2 Å². The Morgan fingerprint density at radius 3 is 2.33 bits per heavy atom. The maximum absolute atomic E-state index is 14.2. The monoisotopic (exact) mass is 601 g/mol. The molecule has 0 spiro atoms. The van der Waals surface area contributed by atoms with Crippen molar-refractivity contribution in [2.75, 3.05) is 19.8 Å². The quantitative estimate of drug-likeness (QED) is 0.0546. The van der Waals surface area contributed by atoms with Gasteiger partial charge in [0.25, 0.3) is 5.91 Å². The van der Waals surface area contributed by atoms with Gasteiger partial charge in [-0.2, -0.15) is 0 Å². The van der Waals surface area contributed by atoms with E-state index in [2.05, 4.69) is 21.9 Å². The standard InChI is InChI=1S/C36H35N5O4/c1-2-21-38-35(43)36(24-30-11-6-7-12-31(30)25-39-41-37)33(28-15-13-27(14-16-28)26-9-4-3-5-10-26)45-34(40-36)29-17-19-32(20-18-29)44-23-8-22-42/h2-7,9-20,33,42H,1,8,21-25H2,(H,38,43)/t33-,36-/m1/s1. The van der Waals surface area contributed by atoms with Gasteiger partial charge in [0.1, 0.15) is 5.75 Å². The van der Waals surface area contributed by atoms with Gasteiger partial charge in [-0.25, -0.2) is 4.99 Å². The lowest BCUT2D eigenvalue weighted by atomic mass is 9.80. The van der Waals surface area contributed by atoms with E-state index in [1.807, 2.05) is 103 Å². The lowest BCUT2D eigenvalue weighted by molar-refractivity contribution is -0.128. The second-order valence-electron chi connectivity index (χ2n) is 10.6. The van der Waals surface area contributed by atoms with Crippen LogP contribution in [0.25, 0.3) is 21.6 Å². The van der Waals surface area contributed by atoms with Gasteiger partial charge < -0.3 is 19.9 Å². The number of rotatable bonds is 14. The van der Waals surface area contributed by atoms with Crippen molar-refractivity contribution in [3.8, 4) is 16.9 Å². The molecule has 2 atom stereocenters. The summed E-state index contributed by atoms with van der Waals surface area (Å²) in [6.07, 6.45) is 1.59. The van der Waals surface area contributed by atoms with E-state index < -0.39 is 11.6 Å². The molecule has 0 bridgehead atoms. The van der Waals surface area contributed by atoms with E-state index >= 15 is 0 Å². The summed E-state index contributed by atoms with van der Waals surface area (Å²) in [5.74, 6) is 0.674. The van der Waals surface area contributed by atoms with Crippen molar-refractivity contribution in [2.24, 2.45) is 10.1 Å². The number of azide groups is 1. The van der Waals surface area contributed by atoms with E-state index in [9.17, 15) is 4.79 Å². The van der Waals surface area contributed by atoms with Gasteiger partial charge in [-0.3, -0.25) is 4.79 Å². The molecule has 0 saturated heterocycles. The number of aliphatic hydroxyl groups is 1. The van der Waals surface area contributed by atoms with Crippen LogP contribution in [0.3, 0.4) is 0 Å². The summed E-state index contributed by atoms with van der Waals surface area (Å²) in [5.41, 5.74) is 12.8. The molecule has 0 radical (unpaired) electrons. The Morgan fingerprint density at radius 2 is 1.64 bits per heavy atom. The van der Waals surface area contributed by atoms with Gasteiger partial charge in [-0.1, -0.05) is 90.1 Å². The first-order chi connectivity index (χ1) is 22.1. The van der Waals surface area contributed by atoms with Gasteiger partial charge in [-0.05, 0) is 57.6 Å². The fraction of sp³-hybridized carbons (Fsp3) is 0.222. The van der Waals surface area contributed by atoms with Gasteiger partial charge in [0.05, 0.1) is 13.2 Å². The number of hydrogen-bond acceptors (Lipinski definition) is 6. The molecule has 1 heterocycles. The lowest BCUT2D eigenvalue weighted by Gasteiger charge is -2.31. The van der Waals surface area contributed by atoms with Crippen LogP contribution in [0.1, 0.15) is 34.8 Å². The van der Waals surface area contributed by atoms with Gasteiger partial charge >= 0.3 is 0 Å². The van der Waals surface area contributed by atoms with Crippen molar-refractivity contribution < 1.29 is 19.4 Å². The number of aliphatic hydroxyl groups excluding tert-OH is 1. The minimum atomic E-state index is -1.39. The van der Waals surface area contributed by atoms with Crippen molar-refractivity contribution in [2.45, 2.75) is 31.0 Å². The molecular weight excluding hydrogens is 566 g/mol. The van der Waals surface area contributed by atoms with Crippen LogP contribution in [0.2, 0.25) is 0 Å². The van der Waals surface area contributed by atoms with E-state index in [-0.39, 0.29) is 32.0 Å². The molecule has 0 saturated carbocycles. The van der Waals surface area contributed by atoms with Crippen molar-refractivity contribution in [3.63, 3.8) is 0 Å². The van der Waals surface area contributed by atoms with Crippen molar-refractivity contribution in [1.29, 1.82) is 0 Å². The molecule has 9 nitrogen and oxygen atoms in total. The number of nitrogens with zero attached hydrogens (tertiary/aromatic N) is 4. The van der Waals surface area contributed by atoms with Crippen molar-refractivity contribution in [3.05, 3.63) is 148 Å². The molecule has 4 aromatic carbocycles. The van der Waals surface area contributed by atoms with Gasteiger partial charge in [0, 0.05) is 36.5 Å². The Balaban J connectivity index is 1.59. The highest BCUT2D eigenvalue weighted by molar-refractivity contribution is 6.01. The molecule has 0 unspecified atom stereocenters. The van der Waals surface area contributed by atoms with Gasteiger partial charge in [0.2, 0.25) is 5.90 Å². The Bertz CT molecular complexity index is 1680. The largest absolute Gasteiger partial charge is 0.494 e. The second kappa shape index (κ2) is 14.9. The Hall–Kier alpha value is -5.37. The fourth-order valence-electron chi connectivity index (χ4n) is 5.36. The van der Waals surface area contributed by atoms with Crippen molar-refractivity contribution in [1.82, 2.24) is 5.32 Å². The molecule has 0 aromatic heterocycles. The molecular formula is C36H35N5O4. The summed E-state index contributed by atoms with van der Waals surface area (Å²) < 4.78 is 12.3. The summed E-state index contributed by atoms with van der Waals surface area (Å²) in [4.78, 5) is 22.2. The zero-order valence-electron chi connectivity index (χ0n) is 24.9. The molecule has 0 aliphatic carbocycles. The van der Waals surface area contributed by atoms with E-state index in [0.717, 1.165) is 27.8 Å². The normalized spacial score (nSPS) is 17.0. The van der Waals surface area contributed by atoms with E-state index in [0.29, 0.717) is 30.2 Å². The Kier molecular flexibility index (Phi) is 10.3. The maximum Gasteiger partial charge on any atom is 0.252 e. The highest BCUT2D eigenvalue weighted by Gasteiger charge is 2.53. The Morgan fingerprint density at radius 1 is 0.978 bits per heavy atom. The smallest absolute Gasteiger partial charge is 0.252 e. The first-order valence-corrected chi connectivity index (χ1v) is 14.8. The average Bonchev–Trinajstić information content (AvgIpc) is 3.48. The molecule has 4 aromatic rings. The molecule has 2 N–H and O–H groups in total. The van der Waals surface area contributed by atoms with Gasteiger partial charge in [0.15, 0.2) is 11.6 Å². The summed E-state index contributed by atoms with van der Waals surface area (Å²) >= 11 is 0. The highest BCUT2D eigenvalue weighted by atomic mass is 16.5. The molecule has 9 heteroatoms. The minimum absolute atomic E-state index is 0.0540. The third-order valence-corrected chi connectivity index (χ3v) is 7.64. The first kappa shape index (κ1) is 31.1. The predicted octanol–water partition coefficient (Wildman–Crippen LogP) is 6.73. The van der Waals surface area contributed by atoms with Crippen LogP contribution in [0.4, 0.5) is 0 Å². The van der Waals surface area contributed by atoms with Crippen LogP contribution in [0, 0.1) is 0 Å². The number of ether oxygens (including phenoxy) is 2. The molecule has 5 rings (SSSR count). The highest BCUT2D eigenvalue weighted by Crippen LogP contribution is 2.43. The van der Waals surface area contributed by atoms with Crippen LogP contribution in [0.15, 0.2) is 126 Å². The predicted molar refractivity (Wildman–Crippen MR) is 175 cm³/mol. The number of hydrogen-bond donors (Lipinski definition) is 2. The molecule has 0 fully saturated rings. The Labute approximate surface area is 262 Å². The van der Waals surface area contributed by atoms with E-state index in [1.165, 1.54) is 0 Å². The van der Waals surface area contributed by atoms with Crippen LogP contribution in [-0.2, 0) is 22.5 Å². The minimum Gasteiger partial charge on any atom is -0.494 e. The lowest BCUT2D eigenvalue weighted by Crippen LogP contribution is -2.50. The number of nitrogens with one attached hydrogen (secondary N) is 1. The third kappa shape index (κ3) is 7.24. The number of aliphatic imine (C=N–C) groups is 1. The zero-order valence-corrected chi connectivity index (χ0v) is 24.9. The third-order valence-electron chi connectivity index (χ3n) is 7.64. The molecule has 1 amide bonds. The summed E-state index contributed by atoms with van der Waals surface area (Å²) in [6, 6.07) is 33.0. The first-order valence-electron chi connectivity index (χ1n) is 14.8. The van der Waals surface area contributed by atoms with E-state index in [1.54, 1.807) is 6.08 Å². The number of carbonyl (C=O) groups excluding carboxylic acids is 1. The van der Waals surface area contributed by atoms with Crippen LogP contribution >= 0.6 is 0 Å². The SMILES string of the molecule is C=CCNC(=O)[C@]1(Cc2ccccc2CN=[N+]=[N-])N=C(c2ccc(OCCCO)cc2)O[C@@H]1c1ccc(-c2ccccc2)cc1. The van der Waals surface area contributed by atoms with E-state index in [4.69, 9.17) is 25.1 Å². The summed E-state index contributed by atoms with van der Waals surface area (Å²) in [5, 5.41) is 15.8. The molecule has 228 valence electrons. The molecule has 1 aliphatic heterocycles.